The Balaban J connectivity index is 1.59. The zero-order chi connectivity index (χ0) is 22.2. The third-order valence-corrected chi connectivity index (χ3v) is 5.10. The molecule has 1 aromatic heterocycles. The van der Waals surface area contributed by atoms with Gasteiger partial charge in [-0.1, -0.05) is 30.3 Å². The molecule has 162 valence electrons. The first kappa shape index (κ1) is 22.1. The number of anilines is 2. The molecule has 0 fully saturated rings. The van der Waals surface area contributed by atoms with Gasteiger partial charge in [0, 0.05) is 23.2 Å². The largest absolute Gasteiger partial charge is 0.493 e. The first-order valence-corrected chi connectivity index (χ1v) is 10.3. The van der Waals surface area contributed by atoms with Crippen molar-refractivity contribution in [1.29, 1.82) is 0 Å². The number of ether oxygens (including phenoxy) is 3. The predicted molar refractivity (Wildman–Crippen MR) is 119 cm³/mol. The monoisotopic (exact) mass is 441 g/mol. The fraction of sp³-hybridized carbons (Fsp3) is 0.227. The lowest BCUT2D eigenvalue weighted by Crippen LogP contribution is -2.16. The van der Waals surface area contributed by atoms with Crippen molar-refractivity contribution in [3.63, 3.8) is 0 Å². The topological polar surface area (TPSA) is 98.8 Å². The molecule has 0 aliphatic heterocycles. The van der Waals surface area contributed by atoms with Crippen LogP contribution in [0.4, 0.5) is 10.8 Å². The molecular weight excluding hydrogens is 418 g/mol. The van der Waals surface area contributed by atoms with Crippen molar-refractivity contribution in [3.05, 3.63) is 59.1 Å². The molecule has 3 rings (SSSR count). The van der Waals surface area contributed by atoms with Crippen LogP contribution >= 0.6 is 11.3 Å². The Labute approximate surface area is 184 Å². The second-order valence-corrected chi connectivity index (χ2v) is 7.35. The lowest BCUT2D eigenvalue weighted by molar-refractivity contribution is -0.116. The molecular formula is C22H23N3O5S. The fourth-order valence-electron chi connectivity index (χ4n) is 2.91. The summed E-state index contributed by atoms with van der Waals surface area (Å²) >= 11 is 1.27. The Bertz CT molecular complexity index is 1030. The van der Waals surface area contributed by atoms with Gasteiger partial charge in [-0.2, -0.15) is 0 Å². The van der Waals surface area contributed by atoms with E-state index in [9.17, 15) is 9.59 Å². The molecule has 0 aliphatic carbocycles. The van der Waals surface area contributed by atoms with E-state index < -0.39 is 0 Å². The van der Waals surface area contributed by atoms with Crippen LogP contribution in [-0.2, 0) is 22.4 Å². The van der Waals surface area contributed by atoms with E-state index in [-0.39, 0.29) is 24.7 Å². The lowest BCUT2D eigenvalue weighted by atomic mass is 10.1. The number of benzene rings is 2. The van der Waals surface area contributed by atoms with Crippen LogP contribution in [0.5, 0.6) is 17.2 Å². The number of carbonyl (C=O) groups is 2. The smallest absolute Gasteiger partial charge is 0.230 e. The average Bonchev–Trinajstić information content (AvgIpc) is 3.19. The summed E-state index contributed by atoms with van der Waals surface area (Å²) in [6, 6.07) is 12.7. The molecule has 2 amide bonds. The van der Waals surface area contributed by atoms with E-state index in [4.69, 9.17) is 14.2 Å². The molecule has 8 nitrogen and oxygen atoms in total. The summed E-state index contributed by atoms with van der Waals surface area (Å²) in [4.78, 5) is 29.0. The average molecular weight is 442 g/mol. The van der Waals surface area contributed by atoms with E-state index in [1.807, 2.05) is 30.3 Å². The van der Waals surface area contributed by atoms with Crippen molar-refractivity contribution >= 4 is 34.0 Å². The number of nitrogens with one attached hydrogen (secondary N) is 2. The summed E-state index contributed by atoms with van der Waals surface area (Å²) in [6.07, 6.45) is 0.319. The molecule has 3 aromatic rings. The van der Waals surface area contributed by atoms with Gasteiger partial charge in [0.1, 0.15) is 0 Å². The number of rotatable bonds is 9. The number of aromatic nitrogens is 1. The number of methoxy groups -OCH3 is 3. The molecule has 0 spiro atoms. The summed E-state index contributed by atoms with van der Waals surface area (Å²) < 4.78 is 15.9. The van der Waals surface area contributed by atoms with E-state index >= 15 is 0 Å². The van der Waals surface area contributed by atoms with Crippen molar-refractivity contribution < 1.29 is 23.8 Å². The van der Waals surface area contributed by atoms with Gasteiger partial charge in [0.25, 0.3) is 0 Å². The number of hydrogen-bond donors (Lipinski definition) is 2. The highest BCUT2D eigenvalue weighted by atomic mass is 32.1. The van der Waals surface area contributed by atoms with Crippen LogP contribution in [0.15, 0.2) is 47.8 Å². The van der Waals surface area contributed by atoms with Gasteiger partial charge in [0.05, 0.1) is 39.9 Å². The number of hydrogen-bond acceptors (Lipinski definition) is 7. The summed E-state index contributed by atoms with van der Waals surface area (Å²) in [6.45, 7) is 0. The highest BCUT2D eigenvalue weighted by Gasteiger charge is 2.15. The normalized spacial score (nSPS) is 10.3. The van der Waals surface area contributed by atoms with Crippen LogP contribution in [0.2, 0.25) is 0 Å². The summed E-state index contributed by atoms with van der Waals surface area (Å²) in [7, 11) is 4.52. The molecule has 2 aromatic carbocycles. The Hall–Kier alpha value is -3.59. The first-order chi connectivity index (χ1) is 15.0. The Morgan fingerprint density at radius 1 is 0.903 bits per heavy atom. The van der Waals surface area contributed by atoms with Crippen LogP contribution < -0.4 is 24.8 Å². The van der Waals surface area contributed by atoms with E-state index in [2.05, 4.69) is 15.6 Å². The van der Waals surface area contributed by atoms with Gasteiger partial charge in [0.2, 0.25) is 17.6 Å². The maximum Gasteiger partial charge on any atom is 0.230 e. The molecule has 0 radical (unpaired) electrons. The molecule has 0 aliphatic rings. The van der Waals surface area contributed by atoms with Crippen LogP contribution in [0, 0.1) is 0 Å². The van der Waals surface area contributed by atoms with Gasteiger partial charge in [0.15, 0.2) is 16.6 Å². The molecule has 0 unspecified atom stereocenters. The first-order valence-electron chi connectivity index (χ1n) is 9.40. The standard InChI is InChI=1S/C22H23N3O5S/c1-28-17-10-15(11-18(29-2)21(17)30-3)23-20(27)12-16-13-31-22(24-16)25-19(26)9-14-7-5-4-6-8-14/h4-8,10-11,13H,9,12H2,1-3H3,(H,23,27)(H,24,25,26). The third kappa shape index (κ3) is 5.95. The Morgan fingerprint density at radius 3 is 2.16 bits per heavy atom. The van der Waals surface area contributed by atoms with Crippen molar-refractivity contribution in [2.45, 2.75) is 12.8 Å². The van der Waals surface area contributed by atoms with Crippen molar-refractivity contribution in [1.82, 2.24) is 4.98 Å². The third-order valence-electron chi connectivity index (χ3n) is 4.30. The SMILES string of the molecule is COc1cc(NC(=O)Cc2csc(NC(=O)Cc3ccccc3)n2)cc(OC)c1OC. The van der Waals surface area contributed by atoms with E-state index in [0.717, 1.165) is 5.56 Å². The molecule has 1 heterocycles. The molecule has 9 heteroatoms. The van der Waals surface area contributed by atoms with Gasteiger partial charge in [-0.15, -0.1) is 11.3 Å². The summed E-state index contributed by atoms with van der Waals surface area (Å²) in [5.74, 6) is 0.901. The zero-order valence-electron chi connectivity index (χ0n) is 17.4. The number of amides is 2. The highest BCUT2D eigenvalue weighted by Crippen LogP contribution is 2.39. The van der Waals surface area contributed by atoms with E-state index in [1.165, 1.54) is 32.7 Å². The fourth-order valence-corrected chi connectivity index (χ4v) is 3.64. The predicted octanol–water partition coefficient (Wildman–Crippen LogP) is 3.53. The zero-order valence-corrected chi connectivity index (χ0v) is 18.2. The van der Waals surface area contributed by atoms with Crippen LogP contribution in [0.25, 0.3) is 0 Å². The molecule has 0 saturated carbocycles. The van der Waals surface area contributed by atoms with Crippen molar-refractivity contribution in [2.75, 3.05) is 32.0 Å². The van der Waals surface area contributed by atoms with Gasteiger partial charge < -0.3 is 24.8 Å². The van der Waals surface area contributed by atoms with E-state index in [0.29, 0.717) is 33.8 Å². The second-order valence-electron chi connectivity index (χ2n) is 6.49. The van der Waals surface area contributed by atoms with Gasteiger partial charge >= 0.3 is 0 Å². The van der Waals surface area contributed by atoms with Crippen LogP contribution in [0.1, 0.15) is 11.3 Å². The lowest BCUT2D eigenvalue weighted by Gasteiger charge is -2.14. The molecule has 31 heavy (non-hydrogen) atoms. The molecule has 2 N–H and O–H groups in total. The molecule has 0 saturated heterocycles. The summed E-state index contributed by atoms with van der Waals surface area (Å²) in [5, 5.41) is 7.76. The summed E-state index contributed by atoms with van der Waals surface area (Å²) in [5.41, 5.74) is 1.98. The highest BCUT2D eigenvalue weighted by molar-refractivity contribution is 7.13. The minimum atomic E-state index is -0.262. The molecule has 0 atom stereocenters. The van der Waals surface area contributed by atoms with Crippen molar-refractivity contribution in [2.24, 2.45) is 0 Å². The quantitative estimate of drug-likeness (QED) is 0.527. The van der Waals surface area contributed by atoms with Crippen molar-refractivity contribution in [3.8, 4) is 17.2 Å². The minimum absolute atomic E-state index is 0.0573. The molecule has 0 bridgehead atoms. The van der Waals surface area contributed by atoms with Crippen LogP contribution in [-0.4, -0.2) is 38.1 Å². The maximum absolute atomic E-state index is 12.5. The Morgan fingerprint density at radius 2 is 1.55 bits per heavy atom. The van der Waals surface area contributed by atoms with E-state index in [1.54, 1.807) is 17.5 Å². The number of nitrogens with zero attached hydrogens (tertiary/aromatic N) is 1. The van der Waals surface area contributed by atoms with Gasteiger partial charge in [-0.05, 0) is 5.56 Å². The Kier molecular flexibility index (Phi) is 7.45. The second kappa shape index (κ2) is 10.4. The number of carbonyl (C=O) groups excluding carboxylic acids is 2. The van der Waals surface area contributed by atoms with Gasteiger partial charge in [-0.25, -0.2) is 4.98 Å². The number of thiazole rings is 1. The minimum Gasteiger partial charge on any atom is -0.493 e. The maximum atomic E-state index is 12.5. The van der Waals surface area contributed by atoms with Gasteiger partial charge in [-0.3, -0.25) is 9.59 Å². The van der Waals surface area contributed by atoms with Crippen LogP contribution in [0.3, 0.4) is 0 Å².